The molecular formula is C14H19NO4. The number of rotatable bonds is 5. The van der Waals surface area contributed by atoms with Crippen molar-refractivity contribution in [3.8, 4) is 11.5 Å². The van der Waals surface area contributed by atoms with Crippen LogP contribution in [0, 0.1) is 5.92 Å². The molecule has 2 rings (SSSR count). The zero-order chi connectivity index (χ0) is 13.8. The SMILES string of the molecule is CC(C)CNC(C(=O)O)c1ccc2c(c1)OCCO2. The Bertz CT molecular complexity index is 459. The van der Waals surface area contributed by atoms with Crippen molar-refractivity contribution in [2.24, 2.45) is 5.92 Å². The van der Waals surface area contributed by atoms with Crippen molar-refractivity contribution in [2.45, 2.75) is 19.9 Å². The second kappa shape index (κ2) is 5.93. The maximum absolute atomic E-state index is 11.3. The van der Waals surface area contributed by atoms with Gasteiger partial charge in [-0.3, -0.25) is 4.79 Å². The molecule has 1 atom stereocenters. The fraction of sp³-hybridized carbons (Fsp3) is 0.500. The number of fused-ring (bicyclic) bond motifs is 1. The van der Waals surface area contributed by atoms with Crippen LogP contribution < -0.4 is 14.8 Å². The Morgan fingerprint density at radius 2 is 2.00 bits per heavy atom. The van der Waals surface area contributed by atoms with E-state index in [0.29, 0.717) is 42.7 Å². The molecule has 0 spiro atoms. The molecule has 1 unspecified atom stereocenters. The quantitative estimate of drug-likeness (QED) is 0.850. The molecular weight excluding hydrogens is 246 g/mol. The topological polar surface area (TPSA) is 67.8 Å². The van der Waals surface area contributed by atoms with E-state index < -0.39 is 12.0 Å². The second-order valence-corrected chi connectivity index (χ2v) is 4.98. The summed E-state index contributed by atoms with van der Waals surface area (Å²) >= 11 is 0. The van der Waals surface area contributed by atoms with Crippen molar-refractivity contribution in [3.63, 3.8) is 0 Å². The fourth-order valence-electron chi connectivity index (χ4n) is 1.94. The Morgan fingerprint density at radius 3 is 2.63 bits per heavy atom. The molecule has 0 amide bonds. The number of carboxylic acids is 1. The standard InChI is InChI=1S/C14H19NO4/c1-9(2)8-15-13(14(16)17)10-3-4-11-12(7-10)19-6-5-18-11/h3-4,7,9,13,15H,5-6,8H2,1-2H3,(H,16,17). The number of hydrogen-bond acceptors (Lipinski definition) is 4. The molecule has 0 bridgehead atoms. The molecule has 1 aromatic rings. The highest BCUT2D eigenvalue weighted by Crippen LogP contribution is 2.32. The van der Waals surface area contributed by atoms with Gasteiger partial charge in [0.05, 0.1) is 0 Å². The smallest absolute Gasteiger partial charge is 0.325 e. The van der Waals surface area contributed by atoms with E-state index in [-0.39, 0.29) is 0 Å². The van der Waals surface area contributed by atoms with Crippen molar-refractivity contribution in [1.29, 1.82) is 0 Å². The van der Waals surface area contributed by atoms with E-state index in [9.17, 15) is 9.90 Å². The van der Waals surface area contributed by atoms with Crippen molar-refractivity contribution in [1.82, 2.24) is 5.32 Å². The number of ether oxygens (including phenoxy) is 2. The highest BCUT2D eigenvalue weighted by Gasteiger charge is 2.22. The van der Waals surface area contributed by atoms with Gasteiger partial charge in [0, 0.05) is 0 Å². The minimum atomic E-state index is -0.891. The molecule has 1 heterocycles. The predicted octanol–water partition coefficient (Wildman–Crippen LogP) is 1.83. The summed E-state index contributed by atoms with van der Waals surface area (Å²) in [6.07, 6.45) is 0. The summed E-state index contributed by atoms with van der Waals surface area (Å²) < 4.78 is 10.9. The Kier molecular flexibility index (Phi) is 4.27. The van der Waals surface area contributed by atoms with Crippen LogP contribution in [0.5, 0.6) is 11.5 Å². The van der Waals surface area contributed by atoms with Gasteiger partial charge in [-0.25, -0.2) is 0 Å². The molecule has 0 fully saturated rings. The lowest BCUT2D eigenvalue weighted by molar-refractivity contribution is -0.139. The van der Waals surface area contributed by atoms with Crippen LogP contribution in [-0.4, -0.2) is 30.8 Å². The van der Waals surface area contributed by atoms with Crippen LogP contribution in [0.15, 0.2) is 18.2 Å². The summed E-state index contributed by atoms with van der Waals surface area (Å²) in [4.78, 5) is 11.3. The number of carbonyl (C=O) groups is 1. The lowest BCUT2D eigenvalue weighted by Crippen LogP contribution is -2.31. The Labute approximate surface area is 112 Å². The van der Waals surface area contributed by atoms with Crippen molar-refractivity contribution < 1.29 is 19.4 Å². The normalized spacial score (nSPS) is 15.3. The molecule has 1 aliphatic heterocycles. The van der Waals surface area contributed by atoms with Crippen LogP contribution >= 0.6 is 0 Å². The fourth-order valence-corrected chi connectivity index (χ4v) is 1.94. The molecule has 0 radical (unpaired) electrons. The van der Waals surface area contributed by atoms with Gasteiger partial charge in [0.1, 0.15) is 19.3 Å². The van der Waals surface area contributed by atoms with Crippen LogP contribution in [0.4, 0.5) is 0 Å². The van der Waals surface area contributed by atoms with Gasteiger partial charge in [0.2, 0.25) is 0 Å². The summed E-state index contributed by atoms with van der Waals surface area (Å²) in [6.45, 7) is 5.74. The Hall–Kier alpha value is -1.75. The third-order valence-electron chi connectivity index (χ3n) is 2.88. The molecule has 104 valence electrons. The molecule has 1 aromatic carbocycles. The van der Waals surface area contributed by atoms with Crippen LogP contribution in [0.2, 0.25) is 0 Å². The van der Waals surface area contributed by atoms with Gasteiger partial charge in [-0.15, -0.1) is 0 Å². The van der Waals surface area contributed by atoms with Gasteiger partial charge < -0.3 is 19.9 Å². The first-order chi connectivity index (χ1) is 9.08. The largest absolute Gasteiger partial charge is 0.486 e. The highest BCUT2D eigenvalue weighted by molar-refractivity contribution is 5.76. The Balaban J connectivity index is 2.19. The summed E-state index contributed by atoms with van der Waals surface area (Å²) in [5.41, 5.74) is 0.678. The van der Waals surface area contributed by atoms with Crippen LogP contribution in [0.25, 0.3) is 0 Å². The van der Waals surface area contributed by atoms with Gasteiger partial charge in [-0.1, -0.05) is 19.9 Å². The zero-order valence-corrected chi connectivity index (χ0v) is 11.2. The van der Waals surface area contributed by atoms with Gasteiger partial charge in [-0.2, -0.15) is 0 Å². The van der Waals surface area contributed by atoms with E-state index in [1.54, 1.807) is 18.2 Å². The van der Waals surface area contributed by atoms with Crippen LogP contribution in [-0.2, 0) is 4.79 Å². The highest BCUT2D eigenvalue weighted by atomic mass is 16.6. The molecule has 0 saturated carbocycles. The average molecular weight is 265 g/mol. The number of aliphatic carboxylic acids is 1. The van der Waals surface area contributed by atoms with Crippen molar-refractivity contribution in [2.75, 3.05) is 19.8 Å². The zero-order valence-electron chi connectivity index (χ0n) is 11.2. The third-order valence-corrected chi connectivity index (χ3v) is 2.88. The van der Waals surface area contributed by atoms with E-state index in [4.69, 9.17) is 9.47 Å². The van der Waals surface area contributed by atoms with E-state index >= 15 is 0 Å². The minimum absolute atomic E-state index is 0.388. The summed E-state index contributed by atoms with van der Waals surface area (Å²) in [5, 5.41) is 12.4. The number of benzene rings is 1. The van der Waals surface area contributed by atoms with Crippen molar-refractivity contribution >= 4 is 5.97 Å². The molecule has 2 N–H and O–H groups in total. The molecule has 0 aliphatic carbocycles. The third kappa shape index (κ3) is 3.38. The van der Waals surface area contributed by atoms with E-state index in [1.165, 1.54) is 0 Å². The van der Waals surface area contributed by atoms with Gasteiger partial charge in [0.15, 0.2) is 11.5 Å². The monoisotopic (exact) mass is 265 g/mol. The molecule has 0 aromatic heterocycles. The molecule has 5 heteroatoms. The van der Waals surface area contributed by atoms with Crippen LogP contribution in [0.3, 0.4) is 0 Å². The van der Waals surface area contributed by atoms with Gasteiger partial charge in [-0.05, 0) is 30.2 Å². The minimum Gasteiger partial charge on any atom is -0.486 e. The van der Waals surface area contributed by atoms with E-state index in [1.807, 2.05) is 13.8 Å². The van der Waals surface area contributed by atoms with Crippen LogP contribution in [0.1, 0.15) is 25.5 Å². The molecule has 19 heavy (non-hydrogen) atoms. The molecule has 0 saturated heterocycles. The van der Waals surface area contributed by atoms with Gasteiger partial charge >= 0.3 is 5.97 Å². The summed E-state index contributed by atoms with van der Waals surface area (Å²) in [5.74, 6) is 0.778. The van der Waals surface area contributed by atoms with Gasteiger partial charge in [0.25, 0.3) is 0 Å². The predicted molar refractivity (Wildman–Crippen MR) is 70.6 cm³/mol. The number of nitrogens with one attached hydrogen (secondary N) is 1. The number of hydrogen-bond donors (Lipinski definition) is 2. The second-order valence-electron chi connectivity index (χ2n) is 4.98. The maximum atomic E-state index is 11.3. The van der Waals surface area contributed by atoms with E-state index in [2.05, 4.69) is 5.32 Å². The average Bonchev–Trinajstić information content (AvgIpc) is 2.38. The molecule has 1 aliphatic rings. The van der Waals surface area contributed by atoms with Crippen molar-refractivity contribution in [3.05, 3.63) is 23.8 Å². The van der Waals surface area contributed by atoms with E-state index in [0.717, 1.165) is 0 Å². The maximum Gasteiger partial charge on any atom is 0.325 e. The summed E-state index contributed by atoms with van der Waals surface area (Å²) in [6, 6.07) is 4.54. The molecule has 5 nitrogen and oxygen atoms in total. The number of carboxylic acid groups (broad SMARTS) is 1. The summed E-state index contributed by atoms with van der Waals surface area (Å²) in [7, 11) is 0. The lowest BCUT2D eigenvalue weighted by Gasteiger charge is -2.21. The first-order valence-electron chi connectivity index (χ1n) is 6.43. The lowest BCUT2D eigenvalue weighted by atomic mass is 10.1. The Morgan fingerprint density at radius 1 is 1.32 bits per heavy atom. The first-order valence-corrected chi connectivity index (χ1v) is 6.43. The first kappa shape index (κ1) is 13.7.